The minimum absolute atomic E-state index is 0.114. The molecule has 0 unspecified atom stereocenters. The van der Waals surface area contributed by atoms with Crippen molar-refractivity contribution in [3.63, 3.8) is 0 Å². The molecule has 0 aliphatic carbocycles. The summed E-state index contributed by atoms with van der Waals surface area (Å²) in [5.41, 5.74) is 0. The van der Waals surface area contributed by atoms with Gasteiger partial charge in [-0.15, -0.1) is 0 Å². The molecule has 15 heavy (non-hydrogen) atoms. The first-order valence-electron chi connectivity index (χ1n) is 5.28. The summed E-state index contributed by atoms with van der Waals surface area (Å²) in [6.07, 6.45) is 0.541. The summed E-state index contributed by atoms with van der Waals surface area (Å²) in [6, 6.07) is 0. The Labute approximate surface area is 92.0 Å². The third-order valence-corrected chi connectivity index (χ3v) is 3.95. The smallest absolute Gasteiger partial charge is 0.265 e. The fraction of sp³-hybridized carbons (Fsp3) is 1.00. The quantitative estimate of drug-likeness (QED) is 0.537. The molecule has 0 aromatic heterocycles. The molecule has 0 spiro atoms. The van der Waals surface area contributed by atoms with Gasteiger partial charge in [0.2, 0.25) is 0 Å². The number of likely N-dealkylation sites (N-methyl/N-ethyl adjacent to an activating group) is 2. The zero-order valence-corrected chi connectivity index (χ0v) is 10.3. The first-order valence-corrected chi connectivity index (χ1v) is 6.89. The SMILES string of the molecule is CN1CC[N+](C)(CCCS(=O)(=O)O)CC1. The van der Waals surface area contributed by atoms with Gasteiger partial charge in [0.25, 0.3) is 10.1 Å². The maximum atomic E-state index is 10.6. The zero-order valence-electron chi connectivity index (χ0n) is 9.52. The highest BCUT2D eigenvalue weighted by atomic mass is 32.2. The van der Waals surface area contributed by atoms with Crippen LogP contribution in [0.3, 0.4) is 0 Å². The fourth-order valence-electron chi connectivity index (χ4n) is 1.90. The van der Waals surface area contributed by atoms with E-state index in [0.717, 1.165) is 37.2 Å². The molecule has 1 rings (SSSR count). The van der Waals surface area contributed by atoms with Gasteiger partial charge in [0.15, 0.2) is 0 Å². The van der Waals surface area contributed by atoms with Crippen molar-refractivity contribution >= 4 is 10.1 Å². The van der Waals surface area contributed by atoms with Crippen LogP contribution in [0, 0.1) is 0 Å². The van der Waals surface area contributed by atoms with Gasteiger partial charge in [0.05, 0.1) is 32.4 Å². The van der Waals surface area contributed by atoms with Gasteiger partial charge < -0.3 is 4.48 Å². The lowest BCUT2D eigenvalue weighted by molar-refractivity contribution is -0.913. The van der Waals surface area contributed by atoms with Crippen LogP contribution >= 0.6 is 0 Å². The average Bonchev–Trinajstić information content (AvgIpc) is 2.09. The maximum Gasteiger partial charge on any atom is 0.265 e. The normalized spacial score (nSPS) is 22.9. The van der Waals surface area contributed by atoms with Crippen LogP contribution in [0.4, 0.5) is 0 Å². The third kappa shape index (κ3) is 4.92. The zero-order chi connectivity index (χ0) is 11.5. The van der Waals surface area contributed by atoms with E-state index in [1.165, 1.54) is 0 Å². The molecule has 5 nitrogen and oxygen atoms in total. The van der Waals surface area contributed by atoms with Gasteiger partial charge in [-0.1, -0.05) is 0 Å². The Morgan fingerprint density at radius 3 is 2.33 bits per heavy atom. The highest BCUT2D eigenvalue weighted by Crippen LogP contribution is 2.10. The van der Waals surface area contributed by atoms with Crippen molar-refractivity contribution in [2.75, 3.05) is 52.6 Å². The van der Waals surface area contributed by atoms with E-state index < -0.39 is 10.1 Å². The second-order valence-electron chi connectivity index (χ2n) is 4.73. The summed E-state index contributed by atoms with van der Waals surface area (Å²) < 4.78 is 30.7. The molecule has 0 aromatic carbocycles. The maximum absolute atomic E-state index is 10.6. The molecule has 0 radical (unpaired) electrons. The molecule has 0 bridgehead atoms. The van der Waals surface area contributed by atoms with E-state index in [9.17, 15) is 8.42 Å². The van der Waals surface area contributed by atoms with Crippen molar-refractivity contribution < 1.29 is 17.5 Å². The summed E-state index contributed by atoms with van der Waals surface area (Å²) in [6.45, 7) is 5.06. The van der Waals surface area contributed by atoms with Crippen molar-refractivity contribution in [2.45, 2.75) is 6.42 Å². The lowest BCUT2D eigenvalue weighted by Gasteiger charge is -2.41. The topological polar surface area (TPSA) is 57.6 Å². The standard InChI is InChI=1S/C9H20N2O3S/c1-10-4-7-11(2,8-5-10)6-3-9-15(12,13)14/h3-9H2,1-2H3/p+1. The number of hydrogen-bond acceptors (Lipinski definition) is 3. The first kappa shape index (κ1) is 12.9. The molecule has 0 saturated carbocycles. The minimum atomic E-state index is -3.78. The van der Waals surface area contributed by atoms with E-state index in [2.05, 4.69) is 19.0 Å². The Balaban J connectivity index is 2.31. The van der Waals surface area contributed by atoms with Gasteiger partial charge in [-0.05, 0) is 7.05 Å². The highest BCUT2D eigenvalue weighted by Gasteiger charge is 2.26. The predicted molar refractivity (Wildman–Crippen MR) is 59.3 cm³/mol. The van der Waals surface area contributed by atoms with Crippen molar-refractivity contribution in [3.05, 3.63) is 0 Å². The molecule has 90 valence electrons. The van der Waals surface area contributed by atoms with Gasteiger partial charge in [0.1, 0.15) is 0 Å². The van der Waals surface area contributed by atoms with Crippen LogP contribution in [0.25, 0.3) is 0 Å². The van der Waals surface area contributed by atoms with Crippen LogP contribution in [0.2, 0.25) is 0 Å². The largest absolute Gasteiger partial charge is 0.324 e. The van der Waals surface area contributed by atoms with Gasteiger partial charge in [-0.3, -0.25) is 9.45 Å². The predicted octanol–water partition coefficient (Wildman–Crippen LogP) is -0.344. The number of nitrogens with zero attached hydrogens (tertiary/aromatic N) is 2. The van der Waals surface area contributed by atoms with Gasteiger partial charge in [-0.25, -0.2) is 0 Å². The highest BCUT2D eigenvalue weighted by molar-refractivity contribution is 7.85. The Hall–Kier alpha value is -0.170. The summed E-state index contributed by atoms with van der Waals surface area (Å²) >= 11 is 0. The van der Waals surface area contributed by atoms with E-state index >= 15 is 0 Å². The Morgan fingerprint density at radius 2 is 1.87 bits per heavy atom. The molecule has 1 heterocycles. The van der Waals surface area contributed by atoms with E-state index in [-0.39, 0.29) is 5.75 Å². The average molecular weight is 237 g/mol. The molecule has 0 amide bonds. The van der Waals surface area contributed by atoms with E-state index in [4.69, 9.17) is 4.55 Å². The van der Waals surface area contributed by atoms with E-state index in [1.807, 2.05) is 0 Å². The van der Waals surface area contributed by atoms with Crippen LogP contribution in [0.1, 0.15) is 6.42 Å². The van der Waals surface area contributed by atoms with E-state index in [1.54, 1.807) is 0 Å². The van der Waals surface area contributed by atoms with Crippen LogP contribution < -0.4 is 0 Å². The Morgan fingerprint density at radius 1 is 1.33 bits per heavy atom. The molecule has 6 heteroatoms. The van der Waals surface area contributed by atoms with Crippen molar-refractivity contribution in [1.29, 1.82) is 0 Å². The monoisotopic (exact) mass is 237 g/mol. The molecule has 0 atom stereocenters. The van der Waals surface area contributed by atoms with E-state index in [0.29, 0.717) is 6.42 Å². The molecular weight excluding hydrogens is 216 g/mol. The van der Waals surface area contributed by atoms with Gasteiger partial charge in [-0.2, -0.15) is 8.42 Å². The number of hydrogen-bond donors (Lipinski definition) is 1. The number of quaternary nitrogens is 1. The van der Waals surface area contributed by atoms with Gasteiger partial charge >= 0.3 is 0 Å². The second kappa shape index (κ2) is 4.78. The lowest BCUT2D eigenvalue weighted by Crippen LogP contribution is -2.56. The van der Waals surface area contributed by atoms with Crippen LogP contribution in [-0.4, -0.2) is 74.9 Å². The molecule has 0 aromatic rings. The third-order valence-electron chi connectivity index (χ3n) is 3.14. The molecule has 1 saturated heterocycles. The summed E-state index contributed by atoms with van der Waals surface area (Å²) in [5.74, 6) is -0.114. The molecular formula is C9H21N2O3S+. The van der Waals surface area contributed by atoms with Crippen molar-refractivity contribution in [1.82, 2.24) is 4.90 Å². The summed E-state index contributed by atoms with van der Waals surface area (Å²) in [7, 11) is 0.466. The first-order chi connectivity index (χ1) is 6.81. The van der Waals surface area contributed by atoms with Crippen molar-refractivity contribution in [2.24, 2.45) is 0 Å². The Kier molecular flexibility index (Phi) is 4.11. The number of rotatable bonds is 4. The number of piperazine rings is 1. The van der Waals surface area contributed by atoms with Gasteiger partial charge in [0, 0.05) is 19.5 Å². The van der Waals surface area contributed by atoms with Crippen LogP contribution in [0.5, 0.6) is 0 Å². The summed E-state index contributed by atoms with van der Waals surface area (Å²) in [5, 5.41) is 0. The molecule has 1 fully saturated rings. The van der Waals surface area contributed by atoms with Crippen LogP contribution in [0.15, 0.2) is 0 Å². The lowest BCUT2D eigenvalue weighted by atomic mass is 10.2. The second-order valence-corrected chi connectivity index (χ2v) is 6.31. The molecule has 1 aliphatic rings. The van der Waals surface area contributed by atoms with Crippen LogP contribution in [-0.2, 0) is 10.1 Å². The Bertz CT molecular complexity index is 294. The molecule has 1 N–H and O–H groups in total. The fourth-order valence-corrected chi connectivity index (χ4v) is 2.39. The minimum Gasteiger partial charge on any atom is -0.324 e. The molecule has 1 aliphatic heterocycles. The van der Waals surface area contributed by atoms with Crippen molar-refractivity contribution in [3.8, 4) is 0 Å². The summed E-state index contributed by atoms with van der Waals surface area (Å²) in [4.78, 5) is 2.28.